The molecule has 1 atom stereocenters. The maximum Gasteiger partial charge on any atom is 0.277 e. The van der Waals surface area contributed by atoms with Gasteiger partial charge in [0, 0.05) is 50.6 Å². The van der Waals surface area contributed by atoms with E-state index < -0.39 is 6.23 Å². The molecule has 0 radical (unpaired) electrons. The summed E-state index contributed by atoms with van der Waals surface area (Å²) < 4.78 is 0. The van der Waals surface area contributed by atoms with Crippen LogP contribution in [0.3, 0.4) is 0 Å². The molecule has 4 heterocycles. The Morgan fingerprint density at radius 3 is 2.29 bits per heavy atom. The fourth-order valence-corrected chi connectivity index (χ4v) is 5.93. The second-order valence-electron chi connectivity index (χ2n) is 11.0. The number of H-pyrrole nitrogens is 1. The molecule has 0 aliphatic carbocycles. The lowest BCUT2D eigenvalue weighted by molar-refractivity contribution is -0.0306. The summed E-state index contributed by atoms with van der Waals surface area (Å²) in [6.45, 7) is 4.21. The van der Waals surface area contributed by atoms with Crippen LogP contribution in [-0.4, -0.2) is 99.1 Å². The van der Waals surface area contributed by atoms with Gasteiger partial charge in [-0.1, -0.05) is 12.8 Å². The van der Waals surface area contributed by atoms with E-state index in [-0.39, 0.29) is 18.8 Å². The molecule has 41 heavy (non-hydrogen) atoms. The molecule has 1 aromatic carbocycles. The fraction of sp³-hybridized carbons (Fsp3) is 0.586. The molecule has 2 aliphatic heterocycles. The highest BCUT2D eigenvalue weighted by Gasteiger charge is 2.25. The minimum Gasteiger partial charge on any atom is -0.395 e. The van der Waals surface area contributed by atoms with Crippen molar-refractivity contribution < 1.29 is 15.3 Å². The fourth-order valence-electron chi connectivity index (χ4n) is 5.93. The van der Waals surface area contributed by atoms with Crippen molar-refractivity contribution in [2.45, 2.75) is 51.2 Å². The normalized spacial score (nSPS) is 17.7. The van der Waals surface area contributed by atoms with E-state index in [1.807, 2.05) is 12.1 Å². The van der Waals surface area contributed by atoms with Crippen molar-refractivity contribution in [3.63, 3.8) is 0 Å². The van der Waals surface area contributed by atoms with Crippen molar-refractivity contribution in [2.24, 2.45) is 5.92 Å². The van der Waals surface area contributed by atoms with Gasteiger partial charge in [0.2, 0.25) is 5.95 Å². The minimum atomic E-state index is -0.656. The number of aliphatic hydroxyl groups is 3. The Kier molecular flexibility index (Phi) is 9.99. The van der Waals surface area contributed by atoms with Crippen LogP contribution in [0.5, 0.6) is 0 Å². The third kappa shape index (κ3) is 7.31. The van der Waals surface area contributed by atoms with Crippen molar-refractivity contribution in [3.8, 4) is 0 Å². The van der Waals surface area contributed by atoms with Crippen LogP contribution in [0.15, 0.2) is 35.3 Å². The predicted molar refractivity (Wildman–Crippen MR) is 160 cm³/mol. The molecule has 2 fully saturated rings. The Bertz CT molecular complexity index is 1300. The first-order chi connectivity index (χ1) is 20.1. The van der Waals surface area contributed by atoms with E-state index in [1.165, 1.54) is 12.8 Å². The van der Waals surface area contributed by atoms with Crippen LogP contribution >= 0.6 is 0 Å². The molecule has 2 aliphatic rings. The summed E-state index contributed by atoms with van der Waals surface area (Å²) in [6.07, 6.45) is 8.10. The molecule has 0 saturated carbocycles. The molecule has 0 amide bonds. The van der Waals surface area contributed by atoms with Gasteiger partial charge < -0.3 is 30.4 Å². The van der Waals surface area contributed by atoms with Gasteiger partial charge in [-0.25, -0.2) is 10.1 Å². The Morgan fingerprint density at radius 1 is 0.951 bits per heavy atom. The minimum absolute atomic E-state index is 0.0406. The van der Waals surface area contributed by atoms with Crippen molar-refractivity contribution in [1.82, 2.24) is 25.1 Å². The molecule has 5 N–H and O–H groups in total. The second kappa shape index (κ2) is 14.0. The van der Waals surface area contributed by atoms with Crippen LogP contribution in [0.4, 0.5) is 23.1 Å². The number of rotatable bonds is 11. The zero-order valence-corrected chi connectivity index (χ0v) is 23.6. The monoisotopic (exact) mass is 566 g/mol. The molecule has 222 valence electrons. The lowest BCUT2D eigenvalue weighted by Crippen LogP contribution is -2.42. The van der Waals surface area contributed by atoms with Gasteiger partial charge in [-0.3, -0.25) is 9.69 Å². The van der Waals surface area contributed by atoms with Crippen LogP contribution in [0, 0.1) is 5.92 Å². The maximum atomic E-state index is 12.7. The molecular weight excluding hydrogens is 524 g/mol. The summed E-state index contributed by atoms with van der Waals surface area (Å²) >= 11 is 0. The van der Waals surface area contributed by atoms with E-state index in [1.54, 1.807) is 11.1 Å². The Balaban J connectivity index is 1.24. The third-order valence-electron chi connectivity index (χ3n) is 8.24. The molecule has 1 unspecified atom stereocenters. The number of hydrogen-bond acceptors (Lipinski definition) is 11. The van der Waals surface area contributed by atoms with E-state index in [0.717, 1.165) is 63.2 Å². The Morgan fingerprint density at radius 2 is 1.63 bits per heavy atom. The average molecular weight is 567 g/mol. The van der Waals surface area contributed by atoms with Gasteiger partial charge in [0.25, 0.3) is 5.56 Å². The average Bonchev–Trinajstić information content (AvgIpc) is 3.28. The van der Waals surface area contributed by atoms with Gasteiger partial charge in [-0.15, -0.1) is 0 Å². The lowest BCUT2D eigenvalue weighted by atomic mass is 9.92. The summed E-state index contributed by atoms with van der Waals surface area (Å²) in [5, 5.41) is 39.3. The van der Waals surface area contributed by atoms with E-state index >= 15 is 0 Å². The molecule has 5 rings (SSSR count). The largest absolute Gasteiger partial charge is 0.395 e. The molecule has 0 spiro atoms. The van der Waals surface area contributed by atoms with E-state index in [2.05, 4.69) is 42.4 Å². The number of aromatic nitrogens is 4. The molecule has 3 aromatic rings. The van der Waals surface area contributed by atoms with Crippen molar-refractivity contribution in [3.05, 3.63) is 40.8 Å². The van der Waals surface area contributed by atoms with Gasteiger partial charge in [0.1, 0.15) is 22.9 Å². The maximum absolute atomic E-state index is 12.7. The van der Waals surface area contributed by atoms with Crippen LogP contribution in [0.25, 0.3) is 10.9 Å². The number of benzene rings is 1. The molecule has 2 aromatic heterocycles. The molecule has 0 bridgehead atoms. The SMILES string of the molecule is O=c1[nH]ncc2nc(N3CCCCCC3)nc(Nc3ccc(N4CCC(CC(O)N(CCO)CCO)CC4)cc3)c12. The molecular formula is C29H42N8O4. The number of piperidine rings is 1. The van der Waals surface area contributed by atoms with Crippen molar-refractivity contribution in [1.29, 1.82) is 0 Å². The quantitative estimate of drug-likeness (QED) is 0.217. The molecule has 12 nitrogen and oxygen atoms in total. The van der Waals surface area contributed by atoms with Crippen LogP contribution in [0.2, 0.25) is 0 Å². The second-order valence-corrected chi connectivity index (χ2v) is 11.0. The van der Waals surface area contributed by atoms with E-state index in [9.17, 15) is 20.1 Å². The van der Waals surface area contributed by atoms with Crippen LogP contribution in [-0.2, 0) is 0 Å². The first-order valence-electron chi connectivity index (χ1n) is 14.8. The van der Waals surface area contributed by atoms with Gasteiger partial charge in [0.15, 0.2) is 0 Å². The van der Waals surface area contributed by atoms with Gasteiger partial charge in [0.05, 0.1) is 19.4 Å². The van der Waals surface area contributed by atoms with E-state index in [0.29, 0.717) is 48.1 Å². The zero-order valence-electron chi connectivity index (χ0n) is 23.6. The number of hydrogen-bond donors (Lipinski definition) is 5. The van der Waals surface area contributed by atoms with Crippen molar-refractivity contribution in [2.75, 3.05) is 67.6 Å². The standard InChI is InChI=1S/C29H42N8O4/c38-17-15-36(16-18-39)25(40)19-21-9-13-35(14-10-21)23-7-5-22(6-8-23)31-27-26-24(20-30-34-28(26)41)32-29(33-27)37-11-3-1-2-4-12-37/h5-8,20-21,25,38-40H,1-4,9-19H2,(H,34,41)(H,31,32,33). The highest BCUT2D eigenvalue weighted by atomic mass is 16.3. The summed E-state index contributed by atoms with van der Waals surface area (Å²) in [4.78, 5) is 28.4. The van der Waals surface area contributed by atoms with Crippen molar-refractivity contribution >= 4 is 34.0 Å². The topological polar surface area (TPSA) is 154 Å². The van der Waals surface area contributed by atoms with Gasteiger partial charge >= 0.3 is 0 Å². The summed E-state index contributed by atoms with van der Waals surface area (Å²) in [7, 11) is 0. The number of anilines is 4. The third-order valence-corrected chi connectivity index (χ3v) is 8.24. The zero-order chi connectivity index (χ0) is 28.6. The first-order valence-corrected chi connectivity index (χ1v) is 14.8. The summed E-state index contributed by atoms with van der Waals surface area (Å²) in [5.41, 5.74) is 2.15. The Hall–Kier alpha value is -3.32. The number of nitrogens with one attached hydrogen (secondary N) is 2. The summed E-state index contributed by atoms with van der Waals surface area (Å²) in [5.74, 6) is 1.48. The smallest absolute Gasteiger partial charge is 0.277 e. The summed E-state index contributed by atoms with van der Waals surface area (Å²) in [6, 6.07) is 8.16. The first kappa shape index (κ1) is 29.2. The van der Waals surface area contributed by atoms with Gasteiger partial charge in [-0.05, 0) is 62.3 Å². The highest BCUT2D eigenvalue weighted by molar-refractivity contribution is 5.90. The van der Waals surface area contributed by atoms with E-state index in [4.69, 9.17) is 4.98 Å². The number of nitrogens with zero attached hydrogens (tertiary/aromatic N) is 6. The number of aliphatic hydroxyl groups excluding tert-OH is 3. The van der Waals surface area contributed by atoms with Crippen LogP contribution < -0.4 is 20.7 Å². The number of fused-ring (bicyclic) bond motifs is 1. The predicted octanol–water partition coefficient (Wildman–Crippen LogP) is 2.05. The van der Waals surface area contributed by atoms with Gasteiger partial charge in [-0.2, -0.15) is 10.1 Å². The molecule has 2 saturated heterocycles. The van der Waals surface area contributed by atoms with Crippen LogP contribution in [0.1, 0.15) is 44.9 Å². The molecule has 12 heteroatoms. The highest BCUT2D eigenvalue weighted by Crippen LogP contribution is 2.29. The Labute approximate surface area is 240 Å². The lowest BCUT2D eigenvalue weighted by Gasteiger charge is -2.36. The number of aromatic amines is 1.